The van der Waals surface area contributed by atoms with Crippen molar-refractivity contribution in [3.8, 4) is 0 Å². The van der Waals surface area contributed by atoms with E-state index < -0.39 is 35.4 Å². The van der Waals surface area contributed by atoms with Crippen LogP contribution in [0.5, 0.6) is 0 Å². The van der Waals surface area contributed by atoms with Gasteiger partial charge in [0.1, 0.15) is 5.82 Å². The van der Waals surface area contributed by atoms with Crippen LogP contribution in [-0.4, -0.2) is 27.7 Å². The third-order valence-corrected chi connectivity index (χ3v) is 6.04. The van der Waals surface area contributed by atoms with Crippen LogP contribution in [0.15, 0.2) is 60.7 Å². The van der Waals surface area contributed by atoms with Crippen LogP contribution in [0.25, 0.3) is 0 Å². The van der Waals surface area contributed by atoms with Crippen LogP contribution >= 0.6 is 11.6 Å². The minimum atomic E-state index is -0.634. The van der Waals surface area contributed by atoms with Gasteiger partial charge < -0.3 is 0 Å². The number of nitrogens with zero attached hydrogens (tertiary/aromatic N) is 2. The molecule has 0 saturated carbocycles. The minimum absolute atomic E-state index is 0.129. The number of benzene rings is 2. The van der Waals surface area contributed by atoms with Crippen LogP contribution in [0.3, 0.4) is 0 Å². The summed E-state index contributed by atoms with van der Waals surface area (Å²) in [6.45, 7) is 1.61. The third kappa shape index (κ3) is 3.41. The van der Waals surface area contributed by atoms with E-state index in [1.165, 1.54) is 24.3 Å². The zero-order chi connectivity index (χ0) is 21.4. The second-order valence-electron chi connectivity index (χ2n) is 7.58. The van der Waals surface area contributed by atoms with Gasteiger partial charge in [-0.1, -0.05) is 61.0 Å². The monoisotopic (exact) mass is 426 g/mol. The Labute approximate surface area is 178 Å². The fraction of sp³-hybridized carbons (Fsp3) is 0.261. The van der Waals surface area contributed by atoms with Crippen molar-refractivity contribution >= 4 is 29.3 Å². The average molecular weight is 427 g/mol. The van der Waals surface area contributed by atoms with Crippen molar-refractivity contribution in [2.45, 2.75) is 19.9 Å². The van der Waals surface area contributed by atoms with Crippen LogP contribution in [0.4, 0.5) is 4.39 Å². The number of hydrogen-bond donors (Lipinski definition) is 0. The van der Waals surface area contributed by atoms with E-state index in [1.807, 2.05) is 19.1 Å². The lowest BCUT2D eigenvalue weighted by Gasteiger charge is -2.31. The molecule has 4 rings (SSSR count). The number of rotatable bonds is 4. The van der Waals surface area contributed by atoms with Crippen LogP contribution in [0, 0.1) is 23.6 Å². The second-order valence-corrected chi connectivity index (χ2v) is 7.98. The van der Waals surface area contributed by atoms with E-state index in [9.17, 15) is 18.8 Å². The molecule has 1 aliphatic carbocycles. The molecule has 0 aromatic heterocycles. The van der Waals surface area contributed by atoms with Crippen LogP contribution < -0.4 is 0 Å². The van der Waals surface area contributed by atoms with Gasteiger partial charge >= 0.3 is 0 Å². The van der Waals surface area contributed by atoms with Gasteiger partial charge in [0.05, 0.1) is 29.0 Å². The number of allylic oxidation sites excluding steroid dienone is 2. The summed E-state index contributed by atoms with van der Waals surface area (Å²) >= 11 is 6.20. The van der Waals surface area contributed by atoms with E-state index in [0.29, 0.717) is 6.42 Å². The van der Waals surface area contributed by atoms with E-state index in [4.69, 9.17) is 11.6 Å². The molecule has 7 heteroatoms. The Morgan fingerprint density at radius 2 is 1.83 bits per heavy atom. The summed E-state index contributed by atoms with van der Waals surface area (Å²) in [5.74, 6) is -3.25. The summed E-state index contributed by atoms with van der Waals surface area (Å²) in [6.07, 6.45) is 4.23. The molecule has 2 aromatic carbocycles. The van der Waals surface area contributed by atoms with E-state index in [0.717, 1.165) is 10.0 Å². The van der Waals surface area contributed by atoms with Crippen molar-refractivity contribution in [3.05, 3.63) is 82.6 Å². The molecule has 2 aliphatic rings. The highest BCUT2D eigenvalue weighted by Crippen LogP contribution is 2.39. The molecule has 30 heavy (non-hydrogen) atoms. The van der Waals surface area contributed by atoms with Gasteiger partial charge in [0.15, 0.2) is 0 Å². The average Bonchev–Trinajstić information content (AvgIpc) is 2.99. The van der Waals surface area contributed by atoms with Crippen molar-refractivity contribution < 1.29 is 18.8 Å². The minimum Gasteiger partial charge on any atom is -0.272 e. The predicted molar refractivity (Wildman–Crippen MR) is 109 cm³/mol. The Kier molecular flexibility index (Phi) is 5.43. The molecule has 1 saturated heterocycles. The number of carbonyl (C=O) groups excluding carboxylic acids is 3. The number of hydrogen-bond acceptors (Lipinski definition) is 3. The molecule has 0 N–H and O–H groups in total. The zero-order valence-electron chi connectivity index (χ0n) is 16.3. The standard InChI is InChI=1S/C23H20ClFN2O3/c1-14-7-6-10-17-20(14)23(30)27(22(17)29)26(13-15-8-2-5-12-19(15)25)21(28)16-9-3-4-11-18(16)24/h2-9,11-12,14,17,20H,10,13H2,1H3/t14-,17+,20-/m1/s1. The molecule has 3 atom stereocenters. The van der Waals surface area contributed by atoms with E-state index >= 15 is 0 Å². The maximum Gasteiger partial charge on any atom is 0.274 e. The molecule has 0 bridgehead atoms. The Morgan fingerprint density at radius 1 is 1.13 bits per heavy atom. The van der Waals surface area contributed by atoms with Crippen LogP contribution in [0.1, 0.15) is 29.3 Å². The van der Waals surface area contributed by atoms with Gasteiger partial charge in [-0.25, -0.2) is 9.40 Å². The first-order valence-corrected chi connectivity index (χ1v) is 10.1. The Bertz CT molecular complexity index is 1050. The molecule has 3 amide bonds. The van der Waals surface area contributed by atoms with E-state index in [1.54, 1.807) is 24.3 Å². The molecule has 154 valence electrons. The molecule has 0 unspecified atom stereocenters. The van der Waals surface area contributed by atoms with E-state index in [2.05, 4.69) is 0 Å². The highest BCUT2D eigenvalue weighted by Gasteiger charge is 2.53. The first-order valence-electron chi connectivity index (χ1n) is 9.74. The number of halogens is 2. The summed E-state index contributed by atoms with van der Waals surface area (Å²) < 4.78 is 14.4. The number of hydrazine groups is 1. The molecule has 1 aliphatic heterocycles. The maximum atomic E-state index is 14.4. The van der Waals surface area contributed by atoms with Gasteiger partial charge in [0, 0.05) is 5.56 Å². The lowest BCUT2D eigenvalue weighted by Crippen LogP contribution is -2.50. The molecular weight excluding hydrogens is 407 g/mol. The number of imide groups is 1. The normalized spacial score (nSPS) is 22.9. The zero-order valence-corrected chi connectivity index (χ0v) is 17.1. The summed E-state index contributed by atoms with van der Waals surface area (Å²) in [7, 11) is 0. The highest BCUT2D eigenvalue weighted by molar-refractivity contribution is 6.33. The molecule has 0 radical (unpaired) electrons. The van der Waals surface area contributed by atoms with Gasteiger partial charge in [-0.2, -0.15) is 5.01 Å². The van der Waals surface area contributed by atoms with Gasteiger partial charge in [0.25, 0.3) is 17.7 Å². The summed E-state index contributed by atoms with van der Waals surface area (Å²) in [5.41, 5.74) is 0.330. The molecule has 1 fully saturated rings. The smallest absolute Gasteiger partial charge is 0.272 e. The Morgan fingerprint density at radius 3 is 2.53 bits per heavy atom. The third-order valence-electron chi connectivity index (χ3n) is 5.71. The lowest BCUT2D eigenvalue weighted by atomic mass is 9.78. The summed E-state index contributed by atoms with van der Waals surface area (Å²) in [5, 5.41) is 2.11. The summed E-state index contributed by atoms with van der Waals surface area (Å²) in [6, 6.07) is 12.3. The largest absolute Gasteiger partial charge is 0.274 e. The van der Waals surface area contributed by atoms with Crippen LogP contribution in [0.2, 0.25) is 5.02 Å². The molecule has 2 aromatic rings. The number of amides is 3. The Hall–Kier alpha value is -2.99. The van der Waals surface area contributed by atoms with Gasteiger partial charge in [-0.05, 0) is 30.5 Å². The fourth-order valence-electron chi connectivity index (χ4n) is 4.16. The van der Waals surface area contributed by atoms with Gasteiger partial charge in [-0.3, -0.25) is 14.4 Å². The van der Waals surface area contributed by atoms with Crippen molar-refractivity contribution in [1.29, 1.82) is 0 Å². The molecule has 0 spiro atoms. The number of fused-ring (bicyclic) bond motifs is 1. The van der Waals surface area contributed by atoms with Gasteiger partial charge in [-0.15, -0.1) is 0 Å². The Balaban J connectivity index is 1.77. The molecular formula is C23H20ClFN2O3. The quantitative estimate of drug-likeness (QED) is 0.543. The van der Waals surface area contributed by atoms with Crippen molar-refractivity contribution in [3.63, 3.8) is 0 Å². The lowest BCUT2D eigenvalue weighted by molar-refractivity contribution is -0.155. The van der Waals surface area contributed by atoms with E-state index in [-0.39, 0.29) is 28.6 Å². The first-order chi connectivity index (χ1) is 14.4. The second kappa shape index (κ2) is 8.03. The van der Waals surface area contributed by atoms with Crippen molar-refractivity contribution in [1.82, 2.24) is 10.0 Å². The summed E-state index contributed by atoms with van der Waals surface area (Å²) in [4.78, 5) is 39.8. The van der Waals surface area contributed by atoms with Crippen molar-refractivity contribution in [2.75, 3.05) is 0 Å². The molecule has 5 nitrogen and oxygen atoms in total. The SMILES string of the molecule is C[C@@H]1C=CC[C@@H]2C(=O)N(N(Cc3ccccc3F)C(=O)c3ccccc3Cl)C(=O)[C@H]12. The van der Waals surface area contributed by atoms with Crippen molar-refractivity contribution in [2.24, 2.45) is 17.8 Å². The highest BCUT2D eigenvalue weighted by atomic mass is 35.5. The maximum absolute atomic E-state index is 14.4. The topological polar surface area (TPSA) is 57.7 Å². The predicted octanol–water partition coefficient (Wildman–Crippen LogP) is 4.23. The molecule has 1 heterocycles. The number of carbonyl (C=O) groups is 3. The van der Waals surface area contributed by atoms with Gasteiger partial charge in [0.2, 0.25) is 0 Å². The fourth-order valence-corrected chi connectivity index (χ4v) is 4.38. The first kappa shape index (κ1) is 20.3. The van der Waals surface area contributed by atoms with Crippen LogP contribution in [-0.2, 0) is 16.1 Å².